The molecule has 0 saturated heterocycles. The molecule has 5 nitrogen and oxygen atoms in total. The predicted octanol–water partition coefficient (Wildman–Crippen LogP) is 4.57. The molecule has 0 aliphatic heterocycles. The molecule has 146 valence electrons. The Morgan fingerprint density at radius 3 is 2.64 bits per heavy atom. The van der Waals surface area contributed by atoms with E-state index in [4.69, 9.17) is 4.74 Å². The number of anilines is 1. The van der Waals surface area contributed by atoms with Crippen molar-refractivity contribution in [2.75, 3.05) is 11.9 Å². The van der Waals surface area contributed by atoms with Crippen molar-refractivity contribution in [3.63, 3.8) is 0 Å². The van der Waals surface area contributed by atoms with Gasteiger partial charge in [-0.15, -0.1) is 11.3 Å². The van der Waals surface area contributed by atoms with Gasteiger partial charge in [0.25, 0.3) is 5.91 Å². The lowest BCUT2D eigenvalue weighted by atomic mass is 9.72. The van der Waals surface area contributed by atoms with Crippen molar-refractivity contribution in [3.8, 4) is 6.07 Å². The van der Waals surface area contributed by atoms with Gasteiger partial charge in [-0.3, -0.25) is 4.79 Å². The number of benzene rings is 1. The van der Waals surface area contributed by atoms with E-state index in [1.54, 1.807) is 30.3 Å². The van der Waals surface area contributed by atoms with Crippen LogP contribution in [0.2, 0.25) is 0 Å². The van der Waals surface area contributed by atoms with Gasteiger partial charge in [-0.05, 0) is 48.3 Å². The van der Waals surface area contributed by atoms with E-state index in [1.165, 1.54) is 16.2 Å². The fourth-order valence-corrected chi connectivity index (χ4v) is 4.78. The summed E-state index contributed by atoms with van der Waals surface area (Å²) < 4.78 is 5.07. The van der Waals surface area contributed by atoms with Crippen LogP contribution in [0.15, 0.2) is 30.3 Å². The van der Waals surface area contributed by atoms with Crippen LogP contribution in [-0.4, -0.2) is 18.5 Å². The molecular weight excluding hydrogens is 372 g/mol. The third kappa shape index (κ3) is 4.42. The predicted molar refractivity (Wildman–Crippen MR) is 109 cm³/mol. The molecule has 0 spiro atoms. The van der Waals surface area contributed by atoms with Crippen molar-refractivity contribution in [3.05, 3.63) is 51.9 Å². The second kappa shape index (κ2) is 8.15. The number of carbonyl (C=O) groups is 2. The summed E-state index contributed by atoms with van der Waals surface area (Å²) in [5.41, 5.74) is 2.22. The van der Waals surface area contributed by atoms with Gasteiger partial charge in [0.05, 0.1) is 11.1 Å². The highest BCUT2D eigenvalue weighted by molar-refractivity contribution is 7.16. The van der Waals surface area contributed by atoms with Gasteiger partial charge in [0.15, 0.2) is 6.61 Å². The first-order valence-electron chi connectivity index (χ1n) is 9.36. The first-order valence-corrected chi connectivity index (χ1v) is 10.2. The molecule has 1 atom stereocenters. The molecule has 1 aromatic heterocycles. The third-order valence-electron chi connectivity index (χ3n) is 5.20. The second-order valence-corrected chi connectivity index (χ2v) is 9.22. The molecule has 1 heterocycles. The number of fused-ring (bicyclic) bond motifs is 1. The quantitative estimate of drug-likeness (QED) is 0.768. The number of nitrogens with zero attached hydrogens (tertiary/aromatic N) is 1. The molecule has 0 fully saturated rings. The Morgan fingerprint density at radius 1 is 1.29 bits per heavy atom. The van der Waals surface area contributed by atoms with Gasteiger partial charge >= 0.3 is 5.97 Å². The summed E-state index contributed by atoms with van der Waals surface area (Å²) in [6.07, 6.45) is 2.83. The molecule has 0 saturated carbocycles. The number of carbonyl (C=O) groups excluding carboxylic acids is 2. The SMILES string of the molecule is CC(C)(C)C1CCc2c(sc(NC(=O)COC(=O)c3ccccc3)c2C#N)C1. The molecule has 6 heteroatoms. The Morgan fingerprint density at radius 2 is 2.00 bits per heavy atom. The smallest absolute Gasteiger partial charge is 0.338 e. The number of nitriles is 1. The normalized spacial score (nSPS) is 16.0. The summed E-state index contributed by atoms with van der Waals surface area (Å²) in [7, 11) is 0. The Kier molecular flexibility index (Phi) is 5.85. The lowest BCUT2D eigenvalue weighted by Crippen LogP contribution is -2.26. The van der Waals surface area contributed by atoms with Crippen LogP contribution in [0.3, 0.4) is 0 Å². The van der Waals surface area contributed by atoms with Crippen LogP contribution >= 0.6 is 11.3 Å². The molecule has 1 aromatic carbocycles. The number of hydrogen-bond acceptors (Lipinski definition) is 5. The Balaban J connectivity index is 1.66. The van der Waals surface area contributed by atoms with Gasteiger partial charge in [-0.1, -0.05) is 39.0 Å². The highest BCUT2D eigenvalue weighted by Crippen LogP contribution is 2.43. The zero-order valence-corrected chi connectivity index (χ0v) is 17.2. The molecular formula is C22H24N2O3S. The van der Waals surface area contributed by atoms with Gasteiger partial charge in [-0.2, -0.15) is 5.26 Å². The van der Waals surface area contributed by atoms with Crippen molar-refractivity contribution in [2.45, 2.75) is 40.0 Å². The van der Waals surface area contributed by atoms with Gasteiger partial charge < -0.3 is 10.1 Å². The highest BCUT2D eigenvalue weighted by atomic mass is 32.1. The number of amides is 1. The molecule has 0 bridgehead atoms. The van der Waals surface area contributed by atoms with Gasteiger partial charge in [-0.25, -0.2) is 4.79 Å². The second-order valence-electron chi connectivity index (χ2n) is 8.12. The minimum absolute atomic E-state index is 0.212. The van der Waals surface area contributed by atoms with Crippen molar-refractivity contribution in [1.29, 1.82) is 5.26 Å². The Bertz CT molecular complexity index is 920. The number of thiophene rings is 1. The summed E-state index contributed by atoms with van der Waals surface area (Å²) in [5, 5.41) is 12.9. The lowest BCUT2D eigenvalue weighted by molar-refractivity contribution is -0.119. The summed E-state index contributed by atoms with van der Waals surface area (Å²) in [6.45, 7) is 6.34. The maximum Gasteiger partial charge on any atom is 0.338 e. The Hall–Kier alpha value is -2.65. The van der Waals surface area contributed by atoms with Crippen LogP contribution in [0.25, 0.3) is 0 Å². The maximum atomic E-state index is 12.3. The molecule has 3 rings (SSSR count). The fourth-order valence-electron chi connectivity index (χ4n) is 3.48. The van der Waals surface area contributed by atoms with Crippen LogP contribution in [-0.2, 0) is 22.4 Å². The van der Waals surface area contributed by atoms with E-state index in [1.807, 2.05) is 0 Å². The van der Waals surface area contributed by atoms with E-state index in [9.17, 15) is 14.9 Å². The van der Waals surface area contributed by atoms with E-state index in [2.05, 4.69) is 32.2 Å². The zero-order valence-electron chi connectivity index (χ0n) is 16.4. The molecule has 1 aliphatic carbocycles. The first-order chi connectivity index (χ1) is 13.3. The molecule has 28 heavy (non-hydrogen) atoms. The summed E-state index contributed by atoms with van der Waals surface area (Å²) in [6, 6.07) is 10.8. The van der Waals surface area contributed by atoms with E-state index in [0.29, 0.717) is 22.0 Å². The minimum Gasteiger partial charge on any atom is -0.452 e. The van der Waals surface area contributed by atoms with E-state index in [0.717, 1.165) is 24.8 Å². The minimum atomic E-state index is -0.547. The number of esters is 1. The number of rotatable bonds is 4. The van der Waals surface area contributed by atoms with Crippen LogP contribution in [0.5, 0.6) is 0 Å². The first kappa shape index (κ1) is 20.1. The summed E-state index contributed by atoms with van der Waals surface area (Å²) in [4.78, 5) is 25.4. The van der Waals surface area contributed by atoms with Crippen LogP contribution in [0.4, 0.5) is 5.00 Å². The largest absolute Gasteiger partial charge is 0.452 e. The number of ether oxygens (including phenoxy) is 1. The van der Waals surface area contributed by atoms with Crippen LogP contribution in [0, 0.1) is 22.7 Å². The standard InChI is InChI=1S/C22H24N2O3S/c1-22(2,3)15-9-10-16-17(12-23)20(28-18(16)11-15)24-19(25)13-27-21(26)14-7-5-4-6-8-14/h4-8,15H,9-11,13H2,1-3H3,(H,24,25). The van der Waals surface area contributed by atoms with E-state index < -0.39 is 11.9 Å². The van der Waals surface area contributed by atoms with E-state index >= 15 is 0 Å². The topological polar surface area (TPSA) is 79.2 Å². The van der Waals surface area contributed by atoms with Crippen molar-refractivity contribution >= 4 is 28.2 Å². The molecule has 1 unspecified atom stereocenters. The highest BCUT2D eigenvalue weighted by Gasteiger charge is 2.32. The van der Waals surface area contributed by atoms with Crippen molar-refractivity contribution in [1.82, 2.24) is 0 Å². The number of nitrogens with one attached hydrogen (secondary N) is 1. The Labute approximate surface area is 169 Å². The monoisotopic (exact) mass is 396 g/mol. The number of hydrogen-bond donors (Lipinski definition) is 1. The average molecular weight is 397 g/mol. The van der Waals surface area contributed by atoms with Gasteiger partial charge in [0.2, 0.25) is 0 Å². The maximum absolute atomic E-state index is 12.3. The van der Waals surface area contributed by atoms with Crippen LogP contribution < -0.4 is 5.32 Å². The average Bonchev–Trinajstić information content (AvgIpc) is 3.02. The summed E-state index contributed by atoms with van der Waals surface area (Å²) >= 11 is 1.47. The van der Waals surface area contributed by atoms with Gasteiger partial charge in [0, 0.05) is 4.88 Å². The molecule has 1 N–H and O–H groups in total. The molecule has 1 amide bonds. The third-order valence-corrected chi connectivity index (χ3v) is 6.37. The van der Waals surface area contributed by atoms with Gasteiger partial charge in [0.1, 0.15) is 11.1 Å². The zero-order chi connectivity index (χ0) is 20.3. The van der Waals surface area contributed by atoms with E-state index in [-0.39, 0.29) is 12.0 Å². The summed E-state index contributed by atoms with van der Waals surface area (Å²) in [5.74, 6) is -0.429. The van der Waals surface area contributed by atoms with Crippen molar-refractivity contribution in [2.24, 2.45) is 11.3 Å². The fraction of sp³-hybridized carbons (Fsp3) is 0.409. The lowest BCUT2D eigenvalue weighted by Gasteiger charge is -2.33. The van der Waals surface area contributed by atoms with Crippen molar-refractivity contribution < 1.29 is 14.3 Å². The molecule has 2 aromatic rings. The van der Waals surface area contributed by atoms with Crippen LogP contribution in [0.1, 0.15) is 53.6 Å². The molecule has 1 aliphatic rings. The molecule has 0 radical (unpaired) electrons.